The van der Waals surface area contributed by atoms with Crippen molar-refractivity contribution in [3.8, 4) is 0 Å². The summed E-state index contributed by atoms with van der Waals surface area (Å²) in [6.45, 7) is 6.29. The number of hydrogen-bond acceptors (Lipinski definition) is 4. The van der Waals surface area contributed by atoms with Gasteiger partial charge in [0.15, 0.2) is 9.96 Å². The van der Waals surface area contributed by atoms with E-state index in [0.29, 0.717) is 0 Å². The average molecular weight is 702 g/mol. The lowest BCUT2D eigenvalue weighted by Gasteiger charge is -2.37. The molecule has 0 spiro atoms. The van der Waals surface area contributed by atoms with Gasteiger partial charge in [-0.3, -0.25) is 0 Å². The van der Waals surface area contributed by atoms with Crippen molar-refractivity contribution >= 4 is 92.4 Å². The van der Waals surface area contributed by atoms with Gasteiger partial charge in [-0.05, 0) is 55.5 Å². The summed E-state index contributed by atoms with van der Waals surface area (Å²) in [4.78, 5) is 9.10. The molecule has 4 nitrogen and oxygen atoms in total. The van der Waals surface area contributed by atoms with Gasteiger partial charge in [0, 0.05) is 50.4 Å². The van der Waals surface area contributed by atoms with Crippen molar-refractivity contribution in [3.63, 3.8) is 0 Å². The van der Waals surface area contributed by atoms with Crippen molar-refractivity contribution < 1.29 is 1.43 Å². The van der Waals surface area contributed by atoms with Gasteiger partial charge >= 0.3 is 0 Å². The molecule has 0 aromatic heterocycles. The lowest BCUT2D eigenvalue weighted by molar-refractivity contribution is 0.681. The number of nitrogens with zero attached hydrogens (tertiary/aromatic N) is 4. The summed E-state index contributed by atoms with van der Waals surface area (Å²) >= 11 is 34.0. The Labute approximate surface area is 286 Å². The van der Waals surface area contributed by atoms with Crippen molar-refractivity contribution in [2.24, 2.45) is 0 Å². The fraction of sp³-hybridized carbons (Fsp3) is 0.273. The van der Waals surface area contributed by atoms with E-state index >= 15 is 0 Å². The molecule has 4 aromatic carbocycles. The second-order valence-electron chi connectivity index (χ2n) is 10.1. The van der Waals surface area contributed by atoms with Gasteiger partial charge in [0.2, 0.25) is 3.79 Å². The molecule has 0 N–H and O–H groups in total. The number of para-hydroxylation sites is 4. The predicted octanol–water partition coefficient (Wildman–Crippen LogP) is 10.3. The first-order valence-electron chi connectivity index (χ1n) is 13.9. The molecule has 2 saturated heterocycles. The average Bonchev–Trinajstić information content (AvgIpc) is 3.67. The van der Waals surface area contributed by atoms with Gasteiger partial charge < -0.3 is 19.6 Å². The van der Waals surface area contributed by atoms with Crippen LogP contribution in [0.4, 0.5) is 22.7 Å². The van der Waals surface area contributed by atoms with Crippen molar-refractivity contribution in [1.82, 2.24) is 0 Å². The number of benzene rings is 4. The maximum Gasteiger partial charge on any atom is 0.228 e. The third-order valence-electron chi connectivity index (χ3n) is 6.86. The Morgan fingerprint density at radius 2 is 0.767 bits per heavy atom. The molecule has 0 aliphatic carbocycles. The van der Waals surface area contributed by atoms with Crippen LogP contribution in [0.2, 0.25) is 0 Å². The number of alkyl halides is 6. The summed E-state index contributed by atoms with van der Waals surface area (Å²) in [5.41, 5.74) is 4.75. The molecule has 0 amide bonds. The molecule has 0 saturated carbocycles. The molecule has 230 valence electrons. The van der Waals surface area contributed by atoms with Crippen LogP contribution < -0.4 is 19.6 Å². The van der Waals surface area contributed by atoms with Crippen LogP contribution in [0.15, 0.2) is 121 Å². The van der Waals surface area contributed by atoms with E-state index in [1.54, 1.807) is 0 Å². The van der Waals surface area contributed by atoms with Crippen molar-refractivity contribution in [3.05, 3.63) is 121 Å². The lowest BCUT2D eigenvalue weighted by atomic mass is 10.2. The normalized spacial score (nSPS) is 15.5. The largest absolute Gasteiger partial charge is 0.352 e. The first-order chi connectivity index (χ1) is 20.5. The molecule has 2 heterocycles. The summed E-state index contributed by atoms with van der Waals surface area (Å²) in [6, 6.07) is 41.3. The fourth-order valence-corrected chi connectivity index (χ4v) is 5.76. The van der Waals surface area contributed by atoms with E-state index < -0.39 is 7.59 Å². The number of halogens is 6. The second kappa shape index (κ2) is 15.7. The first-order valence-corrected chi connectivity index (χ1v) is 16.1. The minimum Gasteiger partial charge on any atom is -0.352 e. The highest BCUT2D eigenvalue weighted by Gasteiger charge is 2.45. The highest BCUT2D eigenvalue weighted by molar-refractivity contribution is 6.68. The van der Waals surface area contributed by atoms with E-state index in [0.717, 1.165) is 44.2 Å². The second-order valence-corrected chi connectivity index (χ2v) is 15.3. The van der Waals surface area contributed by atoms with Gasteiger partial charge in [0.25, 0.3) is 0 Å². The van der Waals surface area contributed by atoms with Crippen LogP contribution in [0.25, 0.3) is 0 Å². The molecule has 2 aliphatic rings. The maximum atomic E-state index is 6.28. The lowest BCUT2D eigenvalue weighted by Crippen LogP contribution is -2.48. The molecule has 2 aliphatic heterocycles. The van der Waals surface area contributed by atoms with Gasteiger partial charge in [-0.25, -0.2) is 0 Å². The molecule has 0 unspecified atom stereocenters. The minimum atomic E-state index is -1.40. The van der Waals surface area contributed by atoms with Crippen molar-refractivity contribution in [2.45, 2.75) is 20.7 Å². The molecule has 2 fully saturated rings. The van der Waals surface area contributed by atoms with Crippen molar-refractivity contribution in [1.29, 1.82) is 0 Å². The van der Waals surface area contributed by atoms with Crippen molar-refractivity contribution in [2.75, 3.05) is 52.4 Å². The summed E-state index contributed by atoms with van der Waals surface area (Å²) in [5.74, 6) is 0. The van der Waals surface area contributed by atoms with E-state index in [4.69, 9.17) is 69.6 Å². The van der Waals surface area contributed by atoms with Gasteiger partial charge in [0.1, 0.15) is 0 Å². The quantitative estimate of drug-likeness (QED) is 0.196. The Kier molecular flexibility index (Phi) is 12.3. The van der Waals surface area contributed by atoms with Crippen LogP contribution in [0.3, 0.4) is 0 Å². The van der Waals surface area contributed by atoms with Crippen LogP contribution >= 0.6 is 69.6 Å². The molecule has 4 aromatic rings. The van der Waals surface area contributed by atoms with E-state index in [2.05, 4.69) is 80.3 Å². The Morgan fingerprint density at radius 3 is 1.05 bits per heavy atom. The van der Waals surface area contributed by atoms with Crippen LogP contribution in [-0.2, 0) is 0 Å². The summed E-state index contributed by atoms with van der Waals surface area (Å²) in [6.07, 6.45) is -0.327. The zero-order valence-corrected chi connectivity index (χ0v) is 28.3. The Hall–Kier alpha value is -2.18. The van der Waals surface area contributed by atoms with Crippen LogP contribution in [0, 0.1) is 0 Å². The number of hydrogen-bond donors (Lipinski definition) is 0. The minimum absolute atomic E-state index is 0. The summed E-state index contributed by atoms with van der Waals surface area (Å²) in [7, 11) is 0. The van der Waals surface area contributed by atoms with Crippen LogP contribution in [-0.4, -0.2) is 46.6 Å². The molecular weight excluding hydrogens is 665 g/mol. The monoisotopic (exact) mass is 699 g/mol. The standard InChI is InChI=1S/C16H15Cl3N2.C15H16N2.C2H3Cl3.H2/c17-16(18,19)15-20(13-7-3-1-4-8-13)11-12-21(15)14-9-5-2-6-10-14;1-3-7-14(8-4-1)16-11-12-17(13-16)15-9-5-2-6-10-15;1-2(3,4)5;/h1-10,15H,11-12H2;1-10H,11-13H2;1H3;1H/i;;;1+1. The Morgan fingerprint density at radius 1 is 0.488 bits per heavy atom. The van der Waals surface area contributed by atoms with E-state index in [-0.39, 0.29) is 7.59 Å². The molecular formula is C33H36Cl6N4. The summed E-state index contributed by atoms with van der Waals surface area (Å²) in [5, 5.41) is 0. The Bertz CT molecular complexity index is 1260. The van der Waals surface area contributed by atoms with Gasteiger partial charge in [-0.15, -0.1) is 0 Å². The topological polar surface area (TPSA) is 13.0 Å². The van der Waals surface area contributed by atoms with Gasteiger partial charge in [-0.1, -0.05) is 142 Å². The highest BCUT2D eigenvalue weighted by Crippen LogP contribution is 2.41. The molecule has 0 radical (unpaired) electrons. The molecule has 0 bridgehead atoms. The smallest absolute Gasteiger partial charge is 0.228 e. The first kappa shape index (κ1) is 33.7. The van der Waals surface area contributed by atoms with Crippen LogP contribution in [0.1, 0.15) is 8.35 Å². The molecule has 0 atom stereocenters. The number of rotatable bonds is 4. The molecule has 6 rings (SSSR count). The van der Waals surface area contributed by atoms with Gasteiger partial charge in [-0.2, -0.15) is 0 Å². The predicted molar refractivity (Wildman–Crippen MR) is 192 cm³/mol. The molecule has 10 heteroatoms. The zero-order chi connectivity index (χ0) is 30.9. The Balaban J connectivity index is 0.000000208. The van der Waals surface area contributed by atoms with E-state index in [1.807, 2.05) is 60.7 Å². The SMILES string of the molecule is CC(Cl)(Cl)Cl.ClC(Cl)(Cl)C1N(c2ccccc2)CCN1c1ccccc1.[2HH].c1ccc(N2CCN(c3ccccc3)C2)cc1. The third kappa shape index (κ3) is 10.5. The zero-order valence-electron chi connectivity index (χ0n) is 23.7. The molecule has 43 heavy (non-hydrogen) atoms. The van der Waals surface area contributed by atoms with Gasteiger partial charge in [0.05, 0.1) is 6.67 Å². The fourth-order valence-electron chi connectivity index (χ4n) is 5.05. The maximum absolute atomic E-state index is 6.28. The van der Waals surface area contributed by atoms with E-state index in [9.17, 15) is 0 Å². The third-order valence-corrected chi connectivity index (χ3v) is 7.45. The number of anilines is 4. The summed E-state index contributed by atoms with van der Waals surface area (Å²) < 4.78 is -2.48. The van der Waals surface area contributed by atoms with Crippen LogP contribution in [0.5, 0.6) is 0 Å². The highest BCUT2D eigenvalue weighted by atomic mass is 35.6. The van der Waals surface area contributed by atoms with E-state index in [1.165, 1.54) is 18.3 Å².